The fourth-order valence-electron chi connectivity index (χ4n) is 4.18. The van der Waals surface area contributed by atoms with Gasteiger partial charge in [-0.15, -0.1) is 0 Å². The molecule has 1 saturated heterocycles. The third-order valence-electron chi connectivity index (χ3n) is 5.74. The highest BCUT2D eigenvalue weighted by Crippen LogP contribution is 2.23. The Labute approximate surface area is 181 Å². The van der Waals surface area contributed by atoms with Crippen molar-refractivity contribution in [3.8, 4) is 5.69 Å². The van der Waals surface area contributed by atoms with Gasteiger partial charge in [0.1, 0.15) is 5.82 Å². The molecule has 160 valence electrons. The lowest BCUT2D eigenvalue weighted by Crippen LogP contribution is -2.34. The second-order valence-corrected chi connectivity index (χ2v) is 8.02. The minimum Gasteiger partial charge on any atom is -0.338 e. The molecule has 5 nitrogen and oxygen atoms in total. The third kappa shape index (κ3) is 4.53. The molecule has 2 heterocycles. The lowest BCUT2D eigenvalue weighted by molar-refractivity contribution is -0.133. The Morgan fingerprint density at radius 1 is 1.06 bits per heavy atom. The van der Waals surface area contributed by atoms with Gasteiger partial charge in [0, 0.05) is 42.3 Å². The number of amides is 2. The highest BCUT2D eigenvalue weighted by Gasteiger charge is 2.19. The minimum atomic E-state index is -0.296. The van der Waals surface area contributed by atoms with Crippen molar-refractivity contribution in [1.82, 2.24) is 9.47 Å². The number of halogens is 1. The number of hydrogen-bond donors (Lipinski definition) is 1. The first-order valence-corrected chi connectivity index (χ1v) is 10.6. The average Bonchev–Trinajstić information content (AvgIpc) is 3.05. The molecule has 0 radical (unpaired) electrons. The highest BCUT2D eigenvalue weighted by atomic mass is 19.1. The first kappa shape index (κ1) is 20.8. The average molecular weight is 420 g/mol. The first-order chi connectivity index (χ1) is 14.9. The van der Waals surface area contributed by atoms with Crippen LogP contribution >= 0.6 is 0 Å². The molecule has 2 aromatic carbocycles. The molecule has 1 aliphatic heterocycles. The first-order valence-electron chi connectivity index (χ1n) is 10.6. The quantitative estimate of drug-likeness (QED) is 0.633. The normalized spacial score (nSPS) is 14.0. The zero-order chi connectivity index (χ0) is 22.0. The Hall–Kier alpha value is -3.41. The number of piperidine rings is 1. The van der Waals surface area contributed by atoms with Gasteiger partial charge in [-0.2, -0.15) is 0 Å². The van der Waals surface area contributed by atoms with E-state index in [4.69, 9.17) is 0 Å². The van der Waals surface area contributed by atoms with Gasteiger partial charge in [0.05, 0.1) is 5.56 Å². The fourth-order valence-corrected chi connectivity index (χ4v) is 4.18. The van der Waals surface area contributed by atoms with Crippen molar-refractivity contribution in [2.45, 2.75) is 39.7 Å². The van der Waals surface area contributed by atoms with Crippen LogP contribution in [0.25, 0.3) is 5.69 Å². The minimum absolute atomic E-state index is 0.189. The van der Waals surface area contributed by atoms with E-state index in [1.54, 1.807) is 12.1 Å². The predicted molar refractivity (Wildman–Crippen MR) is 119 cm³/mol. The summed E-state index contributed by atoms with van der Waals surface area (Å²) in [6, 6.07) is 15.7. The van der Waals surface area contributed by atoms with Crippen LogP contribution in [-0.4, -0.2) is 27.8 Å². The van der Waals surface area contributed by atoms with E-state index >= 15 is 0 Å². The molecule has 31 heavy (non-hydrogen) atoms. The molecular weight excluding hydrogens is 393 g/mol. The van der Waals surface area contributed by atoms with Crippen LogP contribution in [0.1, 0.15) is 46.6 Å². The maximum absolute atomic E-state index is 13.3. The van der Waals surface area contributed by atoms with E-state index in [2.05, 4.69) is 5.32 Å². The van der Waals surface area contributed by atoms with Crippen molar-refractivity contribution < 1.29 is 14.0 Å². The van der Waals surface area contributed by atoms with Crippen molar-refractivity contribution in [2.24, 2.45) is 0 Å². The maximum Gasteiger partial charge on any atom is 0.257 e. The summed E-state index contributed by atoms with van der Waals surface area (Å²) in [5.41, 5.74) is 4.74. The van der Waals surface area contributed by atoms with Gasteiger partial charge in [0.15, 0.2) is 0 Å². The summed E-state index contributed by atoms with van der Waals surface area (Å²) in [6.07, 6.45) is 2.60. The Morgan fingerprint density at radius 2 is 1.84 bits per heavy atom. The number of carbonyl (C=O) groups is 2. The van der Waals surface area contributed by atoms with Crippen LogP contribution in [0.4, 0.5) is 10.1 Å². The summed E-state index contributed by atoms with van der Waals surface area (Å²) in [5.74, 6) is -0.308. The molecule has 3 aromatic rings. The Balaban J connectivity index is 1.52. The Morgan fingerprint density at radius 3 is 2.58 bits per heavy atom. The summed E-state index contributed by atoms with van der Waals surface area (Å²) in [5, 5.41) is 2.97. The van der Waals surface area contributed by atoms with Gasteiger partial charge in [-0.3, -0.25) is 9.59 Å². The molecule has 0 aliphatic carbocycles. The van der Waals surface area contributed by atoms with Crippen LogP contribution in [0.3, 0.4) is 0 Å². The van der Waals surface area contributed by atoms with Gasteiger partial charge in [-0.25, -0.2) is 4.39 Å². The van der Waals surface area contributed by atoms with Crippen molar-refractivity contribution in [3.05, 3.63) is 82.9 Å². The van der Waals surface area contributed by atoms with Crippen molar-refractivity contribution >= 4 is 17.5 Å². The SMILES string of the molecule is Cc1cc(C(=O)Nc2cccc(CN3CCCCC3=O)c2)c(C)n1-c1ccc(F)cc1. The number of aryl methyl sites for hydroxylation is 1. The molecule has 1 N–H and O–H groups in total. The Kier molecular flexibility index (Phi) is 5.89. The van der Waals surface area contributed by atoms with E-state index in [1.165, 1.54) is 12.1 Å². The molecule has 1 fully saturated rings. The zero-order valence-corrected chi connectivity index (χ0v) is 17.8. The lowest BCUT2D eigenvalue weighted by atomic mass is 10.1. The number of anilines is 1. The highest BCUT2D eigenvalue weighted by molar-refractivity contribution is 6.05. The monoisotopic (exact) mass is 419 g/mol. The van der Waals surface area contributed by atoms with Crippen LogP contribution in [0.5, 0.6) is 0 Å². The molecule has 6 heteroatoms. The van der Waals surface area contributed by atoms with E-state index in [-0.39, 0.29) is 17.6 Å². The number of carbonyl (C=O) groups excluding carboxylic acids is 2. The summed E-state index contributed by atoms with van der Waals surface area (Å²) in [6.45, 7) is 5.14. The summed E-state index contributed by atoms with van der Waals surface area (Å²) in [4.78, 5) is 27.0. The van der Waals surface area contributed by atoms with Gasteiger partial charge in [0.2, 0.25) is 5.91 Å². The standard InChI is InChI=1S/C25H26FN3O2/c1-17-14-23(18(2)29(17)22-11-9-20(26)10-12-22)25(31)27-21-7-5-6-19(15-21)16-28-13-4-3-8-24(28)30/h5-7,9-12,14-15H,3-4,8,13,16H2,1-2H3,(H,27,31). The molecule has 1 aromatic heterocycles. The number of rotatable bonds is 5. The molecule has 0 bridgehead atoms. The van der Waals surface area contributed by atoms with Crippen molar-refractivity contribution in [3.63, 3.8) is 0 Å². The third-order valence-corrected chi connectivity index (χ3v) is 5.74. The molecule has 2 amide bonds. The van der Waals surface area contributed by atoms with E-state index in [0.717, 1.165) is 42.0 Å². The van der Waals surface area contributed by atoms with Gasteiger partial charge in [-0.05, 0) is 74.7 Å². The predicted octanol–water partition coefficient (Wildman–Crippen LogP) is 5.00. The van der Waals surface area contributed by atoms with Crippen LogP contribution in [0, 0.1) is 19.7 Å². The topological polar surface area (TPSA) is 54.3 Å². The van der Waals surface area contributed by atoms with Gasteiger partial charge >= 0.3 is 0 Å². The van der Waals surface area contributed by atoms with Gasteiger partial charge < -0.3 is 14.8 Å². The largest absolute Gasteiger partial charge is 0.338 e. The van der Waals surface area contributed by atoms with E-state index in [1.807, 2.05) is 53.6 Å². The number of benzene rings is 2. The summed E-state index contributed by atoms with van der Waals surface area (Å²) < 4.78 is 15.2. The number of hydrogen-bond acceptors (Lipinski definition) is 2. The second-order valence-electron chi connectivity index (χ2n) is 8.02. The zero-order valence-electron chi connectivity index (χ0n) is 17.8. The van der Waals surface area contributed by atoms with Gasteiger partial charge in [-0.1, -0.05) is 12.1 Å². The van der Waals surface area contributed by atoms with Crippen LogP contribution in [-0.2, 0) is 11.3 Å². The Bertz CT molecular complexity index is 1120. The molecular formula is C25H26FN3O2. The van der Waals surface area contributed by atoms with Crippen LogP contribution < -0.4 is 5.32 Å². The van der Waals surface area contributed by atoms with Crippen LogP contribution in [0.15, 0.2) is 54.6 Å². The maximum atomic E-state index is 13.3. The van der Waals surface area contributed by atoms with Crippen molar-refractivity contribution in [1.29, 1.82) is 0 Å². The molecule has 0 unspecified atom stereocenters. The van der Waals surface area contributed by atoms with E-state index in [0.29, 0.717) is 24.2 Å². The fraction of sp³-hybridized carbons (Fsp3) is 0.280. The number of aromatic nitrogens is 1. The molecule has 0 atom stereocenters. The molecule has 0 saturated carbocycles. The van der Waals surface area contributed by atoms with Crippen LogP contribution in [0.2, 0.25) is 0 Å². The number of nitrogens with one attached hydrogen (secondary N) is 1. The molecule has 1 aliphatic rings. The second kappa shape index (κ2) is 8.76. The molecule has 4 rings (SSSR count). The molecule has 0 spiro atoms. The number of likely N-dealkylation sites (tertiary alicyclic amines) is 1. The smallest absolute Gasteiger partial charge is 0.257 e. The summed E-state index contributed by atoms with van der Waals surface area (Å²) in [7, 11) is 0. The van der Waals surface area contributed by atoms with E-state index in [9.17, 15) is 14.0 Å². The van der Waals surface area contributed by atoms with Crippen molar-refractivity contribution in [2.75, 3.05) is 11.9 Å². The summed E-state index contributed by atoms with van der Waals surface area (Å²) >= 11 is 0. The van der Waals surface area contributed by atoms with E-state index < -0.39 is 0 Å². The van der Waals surface area contributed by atoms with Gasteiger partial charge in [0.25, 0.3) is 5.91 Å². The number of nitrogens with zero attached hydrogens (tertiary/aromatic N) is 2. The lowest BCUT2D eigenvalue weighted by Gasteiger charge is -2.26.